The monoisotopic (exact) mass is 479 g/mol. The summed E-state index contributed by atoms with van der Waals surface area (Å²) in [7, 11) is 0. The number of carbonyl (C=O) groups is 4. The molecule has 1 saturated heterocycles. The van der Waals surface area contributed by atoms with Crippen LogP contribution in [0.4, 0.5) is 10.5 Å². The van der Waals surface area contributed by atoms with Crippen LogP contribution in [0.2, 0.25) is 10.0 Å². The van der Waals surface area contributed by atoms with Crippen molar-refractivity contribution in [3.63, 3.8) is 0 Å². The van der Waals surface area contributed by atoms with Crippen molar-refractivity contribution in [3.05, 3.63) is 63.0 Å². The van der Waals surface area contributed by atoms with E-state index >= 15 is 0 Å². The molecule has 4 amide bonds. The van der Waals surface area contributed by atoms with E-state index < -0.39 is 29.5 Å². The Morgan fingerprint density at radius 2 is 1.87 bits per heavy atom. The van der Waals surface area contributed by atoms with E-state index in [0.29, 0.717) is 28.0 Å². The number of nitrogens with two attached hydrogens (primary N) is 1. The zero-order valence-electron chi connectivity index (χ0n) is 15.8. The van der Waals surface area contributed by atoms with Crippen molar-refractivity contribution in [2.24, 2.45) is 5.73 Å². The van der Waals surface area contributed by atoms with Crippen molar-refractivity contribution in [2.75, 3.05) is 18.5 Å². The molecular weight excluding hydrogens is 465 g/mol. The number of rotatable bonds is 7. The zero-order valence-corrected chi connectivity index (χ0v) is 18.1. The Bertz CT molecular complexity index is 1110. The Kier molecular flexibility index (Phi) is 7.21. The van der Waals surface area contributed by atoms with Gasteiger partial charge in [0.15, 0.2) is 6.61 Å². The van der Waals surface area contributed by atoms with Crippen LogP contribution >= 0.6 is 35.0 Å². The molecule has 31 heavy (non-hydrogen) atoms. The SMILES string of the molecule is NC(=O)CN1C(=O)S/C(=C\c2ccc(OCC(=O)Nc3ccccc3Cl)c(Cl)c2)C1=O. The molecule has 0 aromatic heterocycles. The molecule has 2 aromatic carbocycles. The highest BCUT2D eigenvalue weighted by Gasteiger charge is 2.35. The summed E-state index contributed by atoms with van der Waals surface area (Å²) in [6.07, 6.45) is 1.46. The highest BCUT2D eigenvalue weighted by molar-refractivity contribution is 8.18. The van der Waals surface area contributed by atoms with Crippen LogP contribution in [0.1, 0.15) is 5.56 Å². The maximum absolute atomic E-state index is 12.3. The fourth-order valence-electron chi connectivity index (χ4n) is 2.56. The van der Waals surface area contributed by atoms with Crippen LogP contribution in [0.25, 0.3) is 6.08 Å². The average molecular weight is 480 g/mol. The normalized spacial score (nSPS) is 14.8. The van der Waals surface area contributed by atoms with Crippen LogP contribution < -0.4 is 15.8 Å². The molecule has 8 nitrogen and oxygen atoms in total. The van der Waals surface area contributed by atoms with Crippen molar-refractivity contribution in [1.29, 1.82) is 0 Å². The number of hydrogen-bond donors (Lipinski definition) is 2. The Morgan fingerprint density at radius 3 is 2.55 bits per heavy atom. The average Bonchev–Trinajstić information content (AvgIpc) is 2.96. The molecule has 0 atom stereocenters. The number of hydrogen-bond acceptors (Lipinski definition) is 6. The van der Waals surface area contributed by atoms with Crippen LogP contribution in [0.5, 0.6) is 5.75 Å². The van der Waals surface area contributed by atoms with Gasteiger partial charge in [0.1, 0.15) is 12.3 Å². The molecule has 1 aliphatic rings. The summed E-state index contributed by atoms with van der Waals surface area (Å²) in [5.74, 6) is -1.56. The topological polar surface area (TPSA) is 119 Å². The molecule has 0 radical (unpaired) electrons. The van der Waals surface area contributed by atoms with E-state index in [1.807, 2.05) is 0 Å². The van der Waals surface area contributed by atoms with E-state index in [1.165, 1.54) is 18.2 Å². The molecule has 160 valence electrons. The summed E-state index contributed by atoms with van der Waals surface area (Å²) in [6.45, 7) is -0.776. The number of imide groups is 1. The van der Waals surface area contributed by atoms with Crippen molar-refractivity contribution >= 4 is 69.7 Å². The van der Waals surface area contributed by atoms with Crippen LogP contribution in [0.3, 0.4) is 0 Å². The number of ether oxygens (including phenoxy) is 1. The first-order chi connectivity index (χ1) is 14.7. The van der Waals surface area contributed by atoms with Crippen molar-refractivity contribution in [2.45, 2.75) is 0 Å². The summed E-state index contributed by atoms with van der Waals surface area (Å²) in [6, 6.07) is 11.4. The van der Waals surface area contributed by atoms with Gasteiger partial charge in [-0.25, -0.2) is 0 Å². The number of para-hydroxylation sites is 1. The van der Waals surface area contributed by atoms with E-state index in [0.717, 1.165) is 4.90 Å². The Hall–Kier alpha value is -3.01. The number of carbonyl (C=O) groups excluding carboxylic acids is 4. The van der Waals surface area contributed by atoms with E-state index in [1.54, 1.807) is 30.3 Å². The Morgan fingerprint density at radius 1 is 1.13 bits per heavy atom. The van der Waals surface area contributed by atoms with Gasteiger partial charge in [0.25, 0.3) is 17.1 Å². The minimum atomic E-state index is -0.785. The number of primary amides is 1. The standard InChI is InChI=1S/C20H15Cl2N3O5S/c21-12-3-1-2-4-14(12)24-18(27)10-30-15-6-5-11(7-13(15)22)8-16-19(28)25(9-17(23)26)20(29)31-16/h1-8H,9-10H2,(H2,23,26)(H,24,27)/b16-8-. The van der Waals surface area contributed by atoms with Gasteiger partial charge in [-0.05, 0) is 47.7 Å². The summed E-state index contributed by atoms with van der Waals surface area (Å²) in [5.41, 5.74) is 6.04. The van der Waals surface area contributed by atoms with E-state index in [2.05, 4.69) is 5.32 Å². The summed E-state index contributed by atoms with van der Waals surface area (Å²) in [4.78, 5) is 48.1. The fourth-order valence-corrected chi connectivity index (χ4v) is 3.82. The molecule has 2 aromatic rings. The maximum Gasteiger partial charge on any atom is 0.294 e. The van der Waals surface area contributed by atoms with Gasteiger partial charge >= 0.3 is 0 Å². The largest absolute Gasteiger partial charge is 0.482 e. The second-order valence-electron chi connectivity index (χ2n) is 6.24. The lowest BCUT2D eigenvalue weighted by Gasteiger charge is -2.10. The molecule has 0 aliphatic carbocycles. The van der Waals surface area contributed by atoms with Gasteiger partial charge in [-0.2, -0.15) is 0 Å². The molecule has 0 saturated carbocycles. The molecule has 0 spiro atoms. The predicted molar refractivity (Wildman–Crippen MR) is 119 cm³/mol. The Balaban J connectivity index is 1.64. The first-order valence-electron chi connectivity index (χ1n) is 8.75. The third-order valence-corrected chi connectivity index (χ3v) is 5.48. The van der Waals surface area contributed by atoms with E-state index in [-0.39, 0.29) is 22.3 Å². The van der Waals surface area contributed by atoms with E-state index in [4.69, 9.17) is 33.7 Å². The van der Waals surface area contributed by atoms with Gasteiger partial charge in [0.2, 0.25) is 5.91 Å². The minimum Gasteiger partial charge on any atom is -0.482 e. The van der Waals surface area contributed by atoms with Gasteiger partial charge in [-0.3, -0.25) is 24.1 Å². The van der Waals surface area contributed by atoms with Crippen molar-refractivity contribution in [1.82, 2.24) is 4.90 Å². The van der Waals surface area contributed by atoms with Gasteiger partial charge in [-0.15, -0.1) is 0 Å². The highest BCUT2D eigenvalue weighted by Crippen LogP contribution is 2.33. The first-order valence-corrected chi connectivity index (χ1v) is 10.3. The molecule has 1 heterocycles. The third-order valence-electron chi connectivity index (χ3n) is 3.95. The highest BCUT2D eigenvalue weighted by atomic mass is 35.5. The number of amides is 4. The quantitative estimate of drug-likeness (QED) is 0.586. The van der Waals surface area contributed by atoms with Gasteiger partial charge in [0, 0.05) is 0 Å². The number of nitrogens with one attached hydrogen (secondary N) is 1. The fraction of sp³-hybridized carbons (Fsp3) is 0.100. The van der Waals surface area contributed by atoms with Gasteiger partial charge in [0.05, 0.1) is 20.6 Å². The van der Waals surface area contributed by atoms with Crippen LogP contribution in [0.15, 0.2) is 47.4 Å². The molecule has 3 N–H and O–H groups in total. The molecule has 0 unspecified atom stereocenters. The van der Waals surface area contributed by atoms with Crippen molar-refractivity contribution in [3.8, 4) is 5.75 Å². The van der Waals surface area contributed by atoms with E-state index in [9.17, 15) is 19.2 Å². The van der Waals surface area contributed by atoms with Crippen LogP contribution in [0, 0.1) is 0 Å². The molecule has 0 bridgehead atoms. The number of nitrogens with zero attached hydrogens (tertiary/aromatic N) is 1. The third kappa shape index (κ3) is 5.78. The van der Waals surface area contributed by atoms with Gasteiger partial charge < -0.3 is 15.8 Å². The maximum atomic E-state index is 12.3. The summed E-state index contributed by atoms with van der Waals surface area (Å²) < 4.78 is 5.44. The lowest BCUT2D eigenvalue weighted by atomic mass is 10.2. The van der Waals surface area contributed by atoms with Crippen LogP contribution in [-0.4, -0.2) is 41.0 Å². The lowest BCUT2D eigenvalue weighted by Crippen LogP contribution is -2.36. The lowest BCUT2D eigenvalue weighted by molar-refractivity contribution is -0.127. The number of anilines is 1. The first kappa shape index (κ1) is 22.7. The van der Waals surface area contributed by atoms with Crippen LogP contribution in [-0.2, 0) is 14.4 Å². The number of halogens is 2. The summed E-state index contributed by atoms with van der Waals surface area (Å²) >= 11 is 12.9. The van der Waals surface area contributed by atoms with Gasteiger partial charge in [-0.1, -0.05) is 41.4 Å². The zero-order chi connectivity index (χ0) is 22.5. The minimum absolute atomic E-state index is 0.134. The van der Waals surface area contributed by atoms with Crippen molar-refractivity contribution < 1.29 is 23.9 Å². The number of thioether (sulfide) groups is 1. The second-order valence-corrected chi connectivity index (χ2v) is 8.05. The predicted octanol–water partition coefficient (Wildman–Crippen LogP) is 3.53. The molecule has 3 rings (SSSR count). The molecule has 1 aliphatic heterocycles. The smallest absolute Gasteiger partial charge is 0.294 e. The second kappa shape index (κ2) is 9.86. The molecule has 1 fully saturated rings. The number of benzene rings is 2. The summed E-state index contributed by atoms with van der Waals surface area (Å²) in [5, 5.41) is 2.66. The molecular formula is C20H15Cl2N3O5S. The molecule has 11 heteroatoms. The Labute approximate surface area is 191 Å².